The third-order valence-corrected chi connectivity index (χ3v) is 4.86. The van der Waals surface area contributed by atoms with Crippen LogP contribution < -0.4 is 0 Å². The molecule has 1 amide bonds. The van der Waals surface area contributed by atoms with Crippen molar-refractivity contribution in [1.82, 2.24) is 14.8 Å². The summed E-state index contributed by atoms with van der Waals surface area (Å²) in [5.41, 5.74) is 1.17. The zero-order valence-corrected chi connectivity index (χ0v) is 14.2. The lowest BCUT2D eigenvalue weighted by atomic mass is 9.96. The molecule has 1 aromatic heterocycles. The quantitative estimate of drug-likeness (QED) is 0.786. The molecule has 0 unspecified atom stereocenters. The van der Waals surface area contributed by atoms with Gasteiger partial charge in [-0.1, -0.05) is 6.07 Å². The fraction of sp³-hybridized carbons (Fsp3) is 0.611. The summed E-state index contributed by atoms with van der Waals surface area (Å²) < 4.78 is 4.72. The minimum absolute atomic E-state index is 0.0978. The SMILES string of the molecule is COC(=O)c1cccc(CN2CCC[C@@H](C(=O)N3CCCC3)C2)n1. The van der Waals surface area contributed by atoms with Crippen molar-refractivity contribution in [3.8, 4) is 0 Å². The van der Waals surface area contributed by atoms with Crippen LogP contribution in [0.1, 0.15) is 41.9 Å². The third kappa shape index (κ3) is 3.93. The van der Waals surface area contributed by atoms with Crippen LogP contribution in [-0.4, -0.2) is 59.9 Å². The molecule has 2 fully saturated rings. The van der Waals surface area contributed by atoms with Gasteiger partial charge in [0.25, 0.3) is 0 Å². The number of likely N-dealkylation sites (tertiary alicyclic amines) is 2. The predicted octanol–water partition coefficient (Wildman–Crippen LogP) is 1.70. The Balaban J connectivity index is 1.61. The number of ether oxygens (including phenoxy) is 1. The molecule has 0 N–H and O–H groups in total. The zero-order chi connectivity index (χ0) is 16.9. The van der Waals surface area contributed by atoms with Crippen molar-refractivity contribution in [3.63, 3.8) is 0 Å². The molecule has 3 heterocycles. The van der Waals surface area contributed by atoms with E-state index in [0.717, 1.165) is 57.6 Å². The Morgan fingerprint density at radius 1 is 1.21 bits per heavy atom. The number of piperidine rings is 1. The molecule has 1 aromatic rings. The van der Waals surface area contributed by atoms with Crippen molar-refractivity contribution >= 4 is 11.9 Å². The van der Waals surface area contributed by atoms with Gasteiger partial charge in [0.15, 0.2) is 0 Å². The van der Waals surface area contributed by atoms with E-state index in [-0.39, 0.29) is 5.92 Å². The third-order valence-electron chi connectivity index (χ3n) is 4.86. The monoisotopic (exact) mass is 331 g/mol. The molecular weight excluding hydrogens is 306 g/mol. The van der Waals surface area contributed by atoms with E-state index >= 15 is 0 Å². The van der Waals surface area contributed by atoms with Gasteiger partial charge in [-0.3, -0.25) is 9.69 Å². The summed E-state index contributed by atoms with van der Waals surface area (Å²) in [4.78, 5) is 32.9. The highest BCUT2D eigenvalue weighted by Gasteiger charge is 2.30. The number of carbonyl (C=O) groups is 2. The summed E-state index contributed by atoms with van der Waals surface area (Å²) in [5, 5.41) is 0. The molecule has 6 heteroatoms. The number of nitrogens with zero attached hydrogens (tertiary/aromatic N) is 3. The number of methoxy groups -OCH3 is 1. The van der Waals surface area contributed by atoms with Gasteiger partial charge in [-0.25, -0.2) is 9.78 Å². The normalized spacial score (nSPS) is 21.7. The molecule has 3 rings (SSSR count). The average Bonchev–Trinajstić information content (AvgIpc) is 3.15. The molecule has 1 atom stereocenters. The highest BCUT2D eigenvalue weighted by atomic mass is 16.5. The Bertz CT molecular complexity index is 599. The lowest BCUT2D eigenvalue weighted by Gasteiger charge is -2.33. The molecule has 2 saturated heterocycles. The number of aromatic nitrogens is 1. The molecule has 130 valence electrons. The smallest absolute Gasteiger partial charge is 0.356 e. The first-order chi connectivity index (χ1) is 11.7. The second kappa shape index (κ2) is 7.75. The van der Waals surface area contributed by atoms with Crippen molar-refractivity contribution in [1.29, 1.82) is 0 Å². The van der Waals surface area contributed by atoms with Crippen LogP contribution in [0.15, 0.2) is 18.2 Å². The molecule has 24 heavy (non-hydrogen) atoms. The van der Waals surface area contributed by atoms with Crippen molar-refractivity contribution in [2.45, 2.75) is 32.2 Å². The minimum atomic E-state index is -0.419. The first kappa shape index (κ1) is 16.9. The van der Waals surface area contributed by atoms with E-state index in [4.69, 9.17) is 4.74 Å². The molecule has 0 spiro atoms. The number of amides is 1. The van der Waals surface area contributed by atoms with Crippen molar-refractivity contribution in [2.75, 3.05) is 33.3 Å². The fourth-order valence-electron chi connectivity index (χ4n) is 3.61. The molecule has 6 nitrogen and oxygen atoms in total. The van der Waals surface area contributed by atoms with E-state index in [1.54, 1.807) is 6.07 Å². The molecule has 0 radical (unpaired) electrons. The molecule has 0 aromatic carbocycles. The second-order valence-electron chi connectivity index (χ2n) is 6.61. The first-order valence-electron chi connectivity index (χ1n) is 8.73. The molecule has 0 bridgehead atoms. The van der Waals surface area contributed by atoms with Crippen LogP contribution >= 0.6 is 0 Å². The second-order valence-corrected chi connectivity index (χ2v) is 6.61. The molecule has 0 saturated carbocycles. The standard InChI is InChI=1S/C18H25N3O3/c1-24-18(23)16-8-4-7-15(19-16)13-20-9-5-6-14(12-20)17(22)21-10-2-3-11-21/h4,7-8,14H,2-3,5-6,9-13H2,1H3/t14-/m1/s1. The Kier molecular flexibility index (Phi) is 5.45. The maximum absolute atomic E-state index is 12.6. The summed E-state index contributed by atoms with van der Waals surface area (Å²) in [6, 6.07) is 5.40. The summed E-state index contributed by atoms with van der Waals surface area (Å²) in [7, 11) is 1.36. The van der Waals surface area contributed by atoms with Crippen LogP contribution in [0.25, 0.3) is 0 Å². The van der Waals surface area contributed by atoms with Crippen LogP contribution in [0.5, 0.6) is 0 Å². The van der Waals surface area contributed by atoms with Crippen LogP contribution in [0.4, 0.5) is 0 Å². The number of hydrogen-bond acceptors (Lipinski definition) is 5. The number of pyridine rings is 1. The van der Waals surface area contributed by atoms with Gasteiger partial charge in [-0.05, 0) is 44.4 Å². The van der Waals surface area contributed by atoms with Crippen molar-refractivity contribution < 1.29 is 14.3 Å². The molecular formula is C18H25N3O3. The maximum atomic E-state index is 12.6. The van der Waals surface area contributed by atoms with Gasteiger partial charge >= 0.3 is 5.97 Å². The lowest BCUT2D eigenvalue weighted by molar-refractivity contribution is -0.136. The topological polar surface area (TPSA) is 62.7 Å². The van der Waals surface area contributed by atoms with Crippen LogP contribution in [0.2, 0.25) is 0 Å². The van der Waals surface area contributed by atoms with Crippen LogP contribution in [-0.2, 0) is 16.1 Å². The summed E-state index contributed by atoms with van der Waals surface area (Å²) >= 11 is 0. The zero-order valence-electron chi connectivity index (χ0n) is 14.2. The van der Waals surface area contributed by atoms with Gasteiger partial charge < -0.3 is 9.64 Å². The number of rotatable bonds is 4. The van der Waals surface area contributed by atoms with E-state index < -0.39 is 5.97 Å². The van der Waals surface area contributed by atoms with Gasteiger partial charge in [0.2, 0.25) is 5.91 Å². The van der Waals surface area contributed by atoms with Crippen LogP contribution in [0, 0.1) is 5.92 Å². The predicted molar refractivity (Wildman–Crippen MR) is 89.4 cm³/mol. The fourth-order valence-corrected chi connectivity index (χ4v) is 3.61. The number of hydrogen-bond donors (Lipinski definition) is 0. The molecule has 2 aliphatic rings. The Labute approximate surface area is 142 Å². The minimum Gasteiger partial charge on any atom is -0.464 e. The highest BCUT2D eigenvalue weighted by molar-refractivity contribution is 5.87. The van der Waals surface area contributed by atoms with Gasteiger partial charge in [0, 0.05) is 26.2 Å². The van der Waals surface area contributed by atoms with E-state index in [9.17, 15) is 9.59 Å². The van der Waals surface area contributed by atoms with Gasteiger partial charge in [-0.15, -0.1) is 0 Å². The summed E-state index contributed by atoms with van der Waals surface area (Å²) in [6.45, 7) is 4.23. The Hall–Kier alpha value is -1.95. The summed E-state index contributed by atoms with van der Waals surface area (Å²) in [5.74, 6) is -0.00769. The molecule has 2 aliphatic heterocycles. The maximum Gasteiger partial charge on any atom is 0.356 e. The van der Waals surface area contributed by atoms with Crippen molar-refractivity contribution in [2.24, 2.45) is 5.92 Å². The Morgan fingerprint density at radius 2 is 2.00 bits per heavy atom. The highest BCUT2D eigenvalue weighted by Crippen LogP contribution is 2.22. The van der Waals surface area contributed by atoms with E-state index in [1.807, 2.05) is 17.0 Å². The van der Waals surface area contributed by atoms with E-state index in [0.29, 0.717) is 18.1 Å². The lowest BCUT2D eigenvalue weighted by Crippen LogP contribution is -2.43. The average molecular weight is 331 g/mol. The molecule has 0 aliphatic carbocycles. The number of esters is 1. The first-order valence-corrected chi connectivity index (χ1v) is 8.73. The van der Waals surface area contributed by atoms with Gasteiger partial charge in [0.1, 0.15) is 5.69 Å². The van der Waals surface area contributed by atoms with Crippen molar-refractivity contribution in [3.05, 3.63) is 29.6 Å². The van der Waals surface area contributed by atoms with E-state index in [1.165, 1.54) is 7.11 Å². The Morgan fingerprint density at radius 3 is 2.75 bits per heavy atom. The largest absolute Gasteiger partial charge is 0.464 e. The van der Waals surface area contributed by atoms with Crippen LogP contribution in [0.3, 0.4) is 0 Å². The van der Waals surface area contributed by atoms with Gasteiger partial charge in [0.05, 0.1) is 18.7 Å². The number of carbonyl (C=O) groups excluding carboxylic acids is 2. The van der Waals surface area contributed by atoms with Gasteiger partial charge in [-0.2, -0.15) is 0 Å². The summed E-state index contributed by atoms with van der Waals surface area (Å²) in [6.07, 6.45) is 4.27. The van der Waals surface area contributed by atoms with E-state index in [2.05, 4.69) is 9.88 Å².